The van der Waals surface area contributed by atoms with Crippen LogP contribution in [-0.4, -0.2) is 49.1 Å². The van der Waals surface area contributed by atoms with E-state index in [-0.39, 0.29) is 35.8 Å². The lowest BCUT2D eigenvalue weighted by Gasteiger charge is -2.37. The van der Waals surface area contributed by atoms with E-state index in [1.54, 1.807) is 16.2 Å². The number of carbonyl (C=O) groups is 2. The number of hydrogen-bond acceptors (Lipinski definition) is 5. The van der Waals surface area contributed by atoms with Crippen LogP contribution in [0.5, 0.6) is 0 Å². The molecule has 2 amide bonds. The summed E-state index contributed by atoms with van der Waals surface area (Å²) in [5.74, 6) is -0.513. The van der Waals surface area contributed by atoms with Crippen LogP contribution in [0.2, 0.25) is 0 Å². The number of thiophene rings is 1. The molecule has 9 heteroatoms. The van der Waals surface area contributed by atoms with Crippen molar-refractivity contribution in [2.24, 2.45) is 0 Å². The van der Waals surface area contributed by atoms with Gasteiger partial charge in [-0.2, -0.15) is 4.31 Å². The zero-order chi connectivity index (χ0) is 25.9. The molecule has 2 heterocycles. The van der Waals surface area contributed by atoms with E-state index in [1.165, 1.54) is 42.1 Å². The third-order valence-electron chi connectivity index (χ3n) is 6.14. The van der Waals surface area contributed by atoms with Crippen LogP contribution >= 0.6 is 11.3 Å². The zero-order valence-electron chi connectivity index (χ0n) is 20.3. The summed E-state index contributed by atoms with van der Waals surface area (Å²) in [4.78, 5) is 28.0. The van der Waals surface area contributed by atoms with Crippen molar-refractivity contribution < 1.29 is 18.0 Å². The molecule has 0 radical (unpaired) electrons. The molecule has 1 aliphatic heterocycles. The lowest BCUT2D eigenvalue weighted by molar-refractivity contribution is -0.133. The minimum absolute atomic E-state index is 0.00569. The van der Waals surface area contributed by atoms with Gasteiger partial charge in [0.25, 0.3) is 0 Å². The Hall–Kier alpha value is -3.27. The van der Waals surface area contributed by atoms with Crippen LogP contribution in [0.3, 0.4) is 0 Å². The van der Waals surface area contributed by atoms with Crippen molar-refractivity contribution in [1.82, 2.24) is 9.21 Å². The van der Waals surface area contributed by atoms with Gasteiger partial charge in [-0.1, -0.05) is 35.9 Å². The first-order valence-electron chi connectivity index (χ1n) is 11.6. The van der Waals surface area contributed by atoms with Gasteiger partial charge >= 0.3 is 0 Å². The van der Waals surface area contributed by atoms with Crippen LogP contribution in [0.1, 0.15) is 34.5 Å². The number of hydrogen-bond donors (Lipinski definition) is 1. The summed E-state index contributed by atoms with van der Waals surface area (Å²) in [7, 11) is -3.98. The summed E-state index contributed by atoms with van der Waals surface area (Å²) in [6.07, 6.45) is 2.21. The molecule has 0 aliphatic carbocycles. The Labute approximate surface area is 216 Å². The summed E-state index contributed by atoms with van der Waals surface area (Å²) < 4.78 is 28.0. The average Bonchev–Trinajstić information content (AvgIpc) is 3.33. The molecule has 36 heavy (non-hydrogen) atoms. The number of nitrogens with zero attached hydrogens (tertiary/aromatic N) is 2. The molecule has 0 bridgehead atoms. The number of amides is 2. The van der Waals surface area contributed by atoms with E-state index in [2.05, 4.69) is 18.0 Å². The SMILES string of the molecule is C=CCN(CC(=O)N1CCc2sccc2C1c1ccc(C)cc1)S(=O)(=O)c1ccc(NC(C)=O)cc1. The molecule has 1 aliphatic rings. The number of carbonyl (C=O) groups excluding carboxylic acids is 2. The summed E-state index contributed by atoms with van der Waals surface area (Å²) in [5, 5.41) is 4.66. The third kappa shape index (κ3) is 5.43. The highest BCUT2D eigenvalue weighted by atomic mass is 32.2. The predicted octanol–water partition coefficient (Wildman–Crippen LogP) is 4.37. The van der Waals surface area contributed by atoms with Gasteiger partial charge < -0.3 is 10.2 Å². The fraction of sp³-hybridized carbons (Fsp3) is 0.259. The Kier molecular flexibility index (Phi) is 7.73. The molecule has 0 saturated heterocycles. The number of aryl methyl sites for hydroxylation is 1. The summed E-state index contributed by atoms with van der Waals surface area (Å²) >= 11 is 1.69. The molecule has 188 valence electrons. The van der Waals surface area contributed by atoms with Gasteiger partial charge in [0.2, 0.25) is 21.8 Å². The first-order valence-corrected chi connectivity index (χ1v) is 13.9. The standard InChI is InChI=1S/C27H29N3O4S2/c1-4-15-29(36(33,34)23-11-9-22(10-12-23)28-20(3)31)18-26(32)30-16-13-25-24(14-17-35-25)27(30)21-7-5-19(2)6-8-21/h4-12,14,17,27H,1,13,15-16,18H2,2-3H3,(H,28,31). The monoisotopic (exact) mass is 523 g/mol. The Morgan fingerprint density at radius 1 is 1.14 bits per heavy atom. The largest absolute Gasteiger partial charge is 0.330 e. The maximum Gasteiger partial charge on any atom is 0.243 e. The van der Waals surface area contributed by atoms with Gasteiger partial charge in [-0.15, -0.1) is 17.9 Å². The molecular formula is C27H29N3O4S2. The van der Waals surface area contributed by atoms with E-state index in [0.717, 1.165) is 27.4 Å². The highest BCUT2D eigenvalue weighted by Crippen LogP contribution is 2.38. The Balaban J connectivity index is 1.61. The number of benzene rings is 2. The van der Waals surface area contributed by atoms with Crippen molar-refractivity contribution in [3.05, 3.63) is 94.2 Å². The van der Waals surface area contributed by atoms with E-state index in [9.17, 15) is 18.0 Å². The lowest BCUT2D eigenvalue weighted by Crippen LogP contribution is -2.46. The van der Waals surface area contributed by atoms with E-state index in [4.69, 9.17) is 0 Å². The van der Waals surface area contributed by atoms with Gasteiger partial charge in [0, 0.05) is 30.6 Å². The van der Waals surface area contributed by atoms with Gasteiger partial charge in [-0.25, -0.2) is 8.42 Å². The predicted molar refractivity (Wildman–Crippen MR) is 142 cm³/mol. The van der Waals surface area contributed by atoms with E-state index >= 15 is 0 Å². The zero-order valence-corrected chi connectivity index (χ0v) is 21.9. The average molecular weight is 524 g/mol. The smallest absolute Gasteiger partial charge is 0.243 e. The van der Waals surface area contributed by atoms with Crippen molar-refractivity contribution in [2.75, 3.05) is 25.0 Å². The first-order chi connectivity index (χ1) is 17.2. The molecule has 3 aromatic rings. The normalized spacial score (nSPS) is 15.4. The third-order valence-corrected chi connectivity index (χ3v) is 8.96. The maximum atomic E-state index is 13.7. The van der Waals surface area contributed by atoms with Crippen LogP contribution in [0.25, 0.3) is 0 Å². The number of fused-ring (bicyclic) bond motifs is 1. The van der Waals surface area contributed by atoms with Crippen molar-refractivity contribution in [1.29, 1.82) is 0 Å². The van der Waals surface area contributed by atoms with Crippen LogP contribution in [0.4, 0.5) is 5.69 Å². The van der Waals surface area contributed by atoms with E-state index in [0.29, 0.717) is 12.2 Å². The van der Waals surface area contributed by atoms with Crippen molar-refractivity contribution in [3.8, 4) is 0 Å². The fourth-order valence-electron chi connectivity index (χ4n) is 4.39. The molecule has 0 spiro atoms. The minimum Gasteiger partial charge on any atom is -0.330 e. The van der Waals surface area contributed by atoms with Crippen molar-refractivity contribution >= 4 is 38.9 Å². The number of anilines is 1. The molecule has 1 aromatic heterocycles. The second-order valence-electron chi connectivity index (χ2n) is 8.74. The van der Waals surface area contributed by atoms with Crippen LogP contribution in [0, 0.1) is 6.92 Å². The van der Waals surface area contributed by atoms with Gasteiger partial charge in [0.1, 0.15) is 0 Å². The number of nitrogens with one attached hydrogen (secondary N) is 1. The molecule has 0 fully saturated rings. The molecule has 0 saturated carbocycles. The second kappa shape index (κ2) is 10.8. The van der Waals surface area contributed by atoms with Crippen LogP contribution in [-0.2, 0) is 26.0 Å². The van der Waals surface area contributed by atoms with Gasteiger partial charge in [0.15, 0.2) is 0 Å². The lowest BCUT2D eigenvalue weighted by atomic mass is 9.92. The van der Waals surface area contributed by atoms with Crippen molar-refractivity contribution in [3.63, 3.8) is 0 Å². The highest BCUT2D eigenvalue weighted by molar-refractivity contribution is 7.89. The van der Waals surface area contributed by atoms with Gasteiger partial charge in [0.05, 0.1) is 17.5 Å². The first kappa shape index (κ1) is 25.8. The minimum atomic E-state index is -3.98. The Morgan fingerprint density at radius 3 is 2.47 bits per heavy atom. The van der Waals surface area contributed by atoms with E-state index in [1.807, 2.05) is 36.6 Å². The topological polar surface area (TPSA) is 86.8 Å². The maximum absolute atomic E-state index is 13.7. The van der Waals surface area contributed by atoms with Gasteiger partial charge in [-0.3, -0.25) is 9.59 Å². The quantitative estimate of drug-likeness (QED) is 0.445. The second-order valence-corrected chi connectivity index (χ2v) is 11.7. The molecular weight excluding hydrogens is 494 g/mol. The fourth-order valence-corrected chi connectivity index (χ4v) is 6.65. The highest BCUT2D eigenvalue weighted by Gasteiger charge is 2.35. The molecule has 1 N–H and O–H groups in total. The van der Waals surface area contributed by atoms with Gasteiger partial charge in [-0.05, 0) is 60.2 Å². The summed E-state index contributed by atoms with van der Waals surface area (Å²) in [5.41, 5.74) is 3.72. The number of sulfonamides is 1. The molecule has 1 unspecified atom stereocenters. The van der Waals surface area contributed by atoms with E-state index < -0.39 is 10.0 Å². The number of rotatable bonds is 8. The Morgan fingerprint density at radius 2 is 1.83 bits per heavy atom. The molecule has 1 atom stereocenters. The van der Waals surface area contributed by atoms with Crippen LogP contribution < -0.4 is 5.32 Å². The molecule has 2 aromatic carbocycles. The Bertz CT molecular complexity index is 1360. The van der Waals surface area contributed by atoms with Crippen molar-refractivity contribution in [2.45, 2.75) is 31.2 Å². The molecule has 7 nitrogen and oxygen atoms in total. The molecule has 4 rings (SSSR count). The van der Waals surface area contributed by atoms with Crippen LogP contribution in [0.15, 0.2) is 77.5 Å². The summed E-state index contributed by atoms with van der Waals surface area (Å²) in [6, 6.07) is 15.8. The summed E-state index contributed by atoms with van der Waals surface area (Å²) in [6.45, 7) is 7.29.